The predicted octanol–water partition coefficient (Wildman–Crippen LogP) is 6.32. The van der Waals surface area contributed by atoms with Crippen LogP contribution in [0.5, 0.6) is 0 Å². The van der Waals surface area contributed by atoms with Crippen molar-refractivity contribution in [2.24, 2.45) is 5.92 Å². The minimum absolute atomic E-state index is 0.00686. The van der Waals surface area contributed by atoms with Gasteiger partial charge >= 0.3 is 0 Å². The number of nitrogens with zero attached hydrogens (tertiary/aromatic N) is 3. The fourth-order valence-corrected chi connectivity index (χ4v) is 4.11. The number of carbonyl (C=O) groups excluding carboxylic acids is 2. The van der Waals surface area contributed by atoms with Crippen molar-refractivity contribution in [1.29, 1.82) is 0 Å². The van der Waals surface area contributed by atoms with Crippen LogP contribution in [-0.4, -0.2) is 26.8 Å². The van der Waals surface area contributed by atoms with Gasteiger partial charge in [0.15, 0.2) is 0 Å². The van der Waals surface area contributed by atoms with Gasteiger partial charge in [-0.25, -0.2) is 9.37 Å². The van der Waals surface area contributed by atoms with Crippen molar-refractivity contribution in [2.75, 3.05) is 10.6 Å². The maximum atomic E-state index is 14.3. The molecule has 1 aliphatic carbocycles. The molecule has 0 unspecified atom stereocenters. The molecule has 8 heteroatoms. The van der Waals surface area contributed by atoms with Crippen molar-refractivity contribution in [3.63, 3.8) is 0 Å². The number of rotatable bonds is 7. The Labute approximate surface area is 220 Å². The van der Waals surface area contributed by atoms with Crippen molar-refractivity contribution < 1.29 is 14.0 Å². The molecule has 2 N–H and O–H groups in total. The number of aryl methyl sites for hydroxylation is 1. The molecule has 0 saturated heterocycles. The van der Waals surface area contributed by atoms with E-state index in [0.717, 1.165) is 40.7 Å². The number of nitrogens with one attached hydrogen (secondary N) is 2. The van der Waals surface area contributed by atoms with Crippen molar-refractivity contribution in [3.05, 3.63) is 90.1 Å². The van der Waals surface area contributed by atoms with E-state index in [4.69, 9.17) is 0 Å². The van der Waals surface area contributed by atoms with Gasteiger partial charge in [-0.3, -0.25) is 19.6 Å². The Morgan fingerprint density at radius 1 is 0.895 bits per heavy atom. The maximum absolute atomic E-state index is 14.3. The molecule has 2 amide bonds. The van der Waals surface area contributed by atoms with Gasteiger partial charge in [0.2, 0.25) is 5.91 Å². The van der Waals surface area contributed by atoms with Crippen LogP contribution >= 0.6 is 0 Å². The van der Waals surface area contributed by atoms with Crippen LogP contribution in [-0.2, 0) is 10.5 Å². The maximum Gasteiger partial charge on any atom is 0.255 e. The number of amides is 2. The molecule has 192 valence electrons. The summed E-state index contributed by atoms with van der Waals surface area (Å²) in [6.07, 6.45) is 8.49. The standard InChI is InChI=1S/C30H28FN5O2/c1-18-4-7-24(35-29(38)21-9-10-33-26(13-21)30(2,3)31)15-25(18)23-12-22(16-32-17-23)20-8-11-34-27(14-20)36-28(37)19-5-6-19/h4,7-17,19H,5-6H2,1-3H3,(H,35,38)(H,34,36,37). The predicted molar refractivity (Wildman–Crippen MR) is 145 cm³/mol. The molecule has 1 fully saturated rings. The highest BCUT2D eigenvalue weighted by Crippen LogP contribution is 2.32. The zero-order valence-corrected chi connectivity index (χ0v) is 21.5. The van der Waals surface area contributed by atoms with E-state index in [2.05, 4.69) is 25.6 Å². The molecule has 3 heterocycles. The number of benzene rings is 1. The summed E-state index contributed by atoms with van der Waals surface area (Å²) >= 11 is 0. The first-order valence-electron chi connectivity index (χ1n) is 12.5. The van der Waals surface area contributed by atoms with Gasteiger partial charge in [0.1, 0.15) is 11.5 Å². The van der Waals surface area contributed by atoms with Gasteiger partial charge in [-0.2, -0.15) is 0 Å². The molecule has 3 aromatic heterocycles. The molecule has 0 atom stereocenters. The third-order valence-corrected chi connectivity index (χ3v) is 6.47. The Balaban J connectivity index is 1.38. The fraction of sp³-hybridized carbons (Fsp3) is 0.233. The van der Waals surface area contributed by atoms with Gasteiger partial charge in [0.25, 0.3) is 5.91 Å². The van der Waals surface area contributed by atoms with Gasteiger partial charge in [-0.05, 0) is 92.8 Å². The van der Waals surface area contributed by atoms with Crippen molar-refractivity contribution in [1.82, 2.24) is 15.0 Å². The summed E-state index contributed by atoms with van der Waals surface area (Å²) in [4.78, 5) is 37.8. The second kappa shape index (κ2) is 10.1. The normalized spacial score (nSPS) is 13.2. The zero-order valence-electron chi connectivity index (χ0n) is 21.5. The molecule has 1 aromatic carbocycles. The van der Waals surface area contributed by atoms with Crippen LogP contribution in [0.1, 0.15) is 48.3 Å². The van der Waals surface area contributed by atoms with E-state index < -0.39 is 5.67 Å². The molecule has 7 nitrogen and oxygen atoms in total. The third-order valence-electron chi connectivity index (χ3n) is 6.47. The largest absolute Gasteiger partial charge is 0.322 e. The number of pyridine rings is 3. The SMILES string of the molecule is Cc1ccc(NC(=O)c2ccnc(C(C)(C)F)c2)cc1-c1cncc(-c2ccnc(NC(=O)C3CC3)c2)c1. The van der Waals surface area contributed by atoms with Crippen molar-refractivity contribution in [3.8, 4) is 22.3 Å². The van der Waals surface area contributed by atoms with E-state index in [9.17, 15) is 14.0 Å². The molecule has 5 rings (SSSR count). The lowest BCUT2D eigenvalue weighted by Gasteiger charge is -2.15. The first-order chi connectivity index (χ1) is 18.2. The van der Waals surface area contributed by atoms with Crippen LogP contribution in [0, 0.1) is 12.8 Å². The first kappa shape index (κ1) is 25.2. The Morgan fingerprint density at radius 3 is 2.42 bits per heavy atom. The highest BCUT2D eigenvalue weighted by molar-refractivity contribution is 6.04. The molecule has 38 heavy (non-hydrogen) atoms. The van der Waals surface area contributed by atoms with E-state index in [-0.39, 0.29) is 23.4 Å². The van der Waals surface area contributed by atoms with Crippen LogP contribution in [0.15, 0.2) is 73.3 Å². The molecule has 1 saturated carbocycles. The molecule has 0 spiro atoms. The molecular weight excluding hydrogens is 481 g/mol. The minimum atomic E-state index is -1.65. The molecule has 0 aliphatic heterocycles. The van der Waals surface area contributed by atoms with E-state index >= 15 is 0 Å². The molecular formula is C30H28FN5O2. The topological polar surface area (TPSA) is 96.9 Å². The number of anilines is 2. The number of carbonyl (C=O) groups is 2. The lowest BCUT2D eigenvalue weighted by Crippen LogP contribution is -2.16. The summed E-state index contributed by atoms with van der Waals surface area (Å²) < 4.78 is 14.3. The molecule has 1 aliphatic rings. The van der Waals surface area contributed by atoms with E-state index in [0.29, 0.717) is 17.1 Å². The molecule has 0 bridgehead atoms. The second-order valence-corrected chi connectivity index (χ2v) is 10.0. The minimum Gasteiger partial charge on any atom is -0.322 e. The third kappa shape index (κ3) is 5.75. The van der Waals surface area contributed by atoms with E-state index in [1.807, 2.05) is 43.3 Å². The summed E-state index contributed by atoms with van der Waals surface area (Å²) in [5, 5.41) is 5.79. The average Bonchev–Trinajstić information content (AvgIpc) is 3.75. The van der Waals surface area contributed by atoms with E-state index in [1.165, 1.54) is 26.1 Å². The zero-order chi connectivity index (χ0) is 26.9. The summed E-state index contributed by atoms with van der Waals surface area (Å²) in [7, 11) is 0. The van der Waals surface area contributed by atoms with Crippen LogP contribution in [0.4, 0.5) is 15.9 Å². The first-order valence-corrected chi connectivity index (χ1v) is 12.5. The highest BCUT2D eigenvalue weighted by atomic mass is 19.1. The number of aromatic nitrogens is 3. The smallest absolute Gasteiger partial charge is 0.255 e. The lowest BCUT2D eigenvalue weighted by molar-refractivity contribution is -0.117. The quantitative estimate of drug-likeness (QED) is 0.304. The molecule has 0 radical (unpaired) electrons. The van der Waals surface area contributed by atoms with Crippen LogP contribution in [0.2, 0.25) is 0 Å². The van der Waals surface area contributed by atoms with Gasteiger partial charge in [-0.1, -0.05) is 6.07 Å². The van der Waals surface area contributed by atoms with Gasteiger partial charge < -0.3 is 10.6 Å². The molecule has 4 aromatic rings. The number of hydrogen-bond donors (Lipinski definition) is 2. The monoisotopic (exact) mass is 509 g/mol. The fourth-order valence-electron chi connectivity index (χ4n) is 4.11. The van der Waals surface area contributed by atoms with Crippen LogP contribution in [0.25, 0.3) is 22.3 Å². The Morgan fingerprint density at radius 2 is 1.66 bits per heavy atom. The Bertz CT molecular complexity index is 1530. The number of hydrogen-bond acceptors (Lipinski definition) is 5. The summed E-state index contributed by atoms with van der Waals surface area (Å²) in [6, 6.07) is 14.4. The second-order valence-electron chi connectivity index (χ2n) is 10.0. The van der Waals surface area contributed by atoms with Gasteiger partial charge in [0, 0.05) is 53.1 Å². The van der Waals surface area contributed by atoms with Crippen LogP contribution < -0.4 is 10.6 Å². The van der Waals surface area contributed by atoms with Gasteiger partial charge in [0.05, 0.1) is 5.69 Å². The summed E-state index contributed by atoms with van der Waals surface area (Å²) in [5.41, 5.74) is 4.04. The highest BCUT2D eigenvalue weighted by Gasteiger charge is 2.29. The van der Waals surface area contributed by atoms with Gasteiger partial charge in [-0.15, -0.1) is 0 Å². The van der Waals surface area contributed by atoms with Crippen LogP contribution in [0.3, 0.4) is 0 Å². The van der Waals surface area contributed by atoms with E-state index in [1.54, 1.807) is 24.7 Å². The lowest BCUT2D eigenvalue weighted by atomic mass is 9.98. The summed E-state index contributed by atoms with van der Waals surface area (Å²) in [6.45, 7) is 4.80. The van der Waals surface area contributed by atoms with Crippen molar-refractivity contribution >= 4 is 23.3 Å². The Kier molecular flexibility index (Phi) is 6.72. The average molecular weight is 510 g/mol. The number of halogens is 1. The van der Waals surface area contributed by atoms with Crippen molar-refractivity contribution in [2.45, 2.75) is 39.3 Å². The summed E-state index contributed by atoms with van der Waals surface area (Å²) in [5.74, 6) is 0.267. The number of alkyl halides is 1. The Hall–Kier alpha value is -4.46.